The van der Waals surface area contributed by atoms with Gasteiger partial charge in [0.2, 0.25) is 0 Å². The summed E-state index contributed by atoms with van der Waals surface area (Å²) in [5.41, 5.74) is 7.28. The summed E-state index contributed by atoms with van der Waals surface area (Å²) in [6, 6.07) is 34.6. The fourth-order valence-corrected chi connectivity index (χ4v) is 4.09. The summed E-state index contributed by atoms with van der Waals surface area (Å²) in [5.74, 6) is 0. The maximum Gasteiger partial charge on any atom is 0.0469 e. The number of nitrogens with one attached hydrogen (secondary N) is 1. The second kappa shape index (κ2) is 7.07. The number of hydrogen-bond donors (Lipinski definition) is 1. The van der Waals surface area contributed by atoms with Gasteiger partial charge in [0.05, 0.1) is 0 Å². The van der Waals surface area contributed by atoms with Crippen molar-refractivity contribution in [3.63, 3.8) is 0 Å². The Morgan fingerprint density at radius 2 is 1.10 bits per heavy atom. The van der Waals surface area contributed by atoms with Crippen molar-refractivity contribution in [2.45, 2.75) is 26.2 Å². The average Bonchev–Trinajstić information content (AvgIpc) is 3.12. The molecule has 5 rings (SSSR count). The van der Waals surface area contributed by atoms with Crippen LogP contribution in [0.5, 0.6) is 0 Å². The summed E-state index contributed by atoms with van der Waals surface area (Å²) in [5, 5.41) is 2.53. The number of H-pyrrole nitrogens is 1. The normalized spacial score (nSPS) is 11.8. The first-order valence-electron chi connectivity index (χ1n) is 10.5. The molecular weight excluding hydrogens is 364 g/mol. The molecule has 0 aliphatic carbocycles. The van der Waals surface area contributed by atoms with Crippen LogP contribution in [-0.2, 0) is 5.41 Å². The third-order valence-corrected chi connectivity index (χ3v) is 5.74. The van der Waals surface area contributed by atoms with E-state index in [1.807, 2.05) is 0 Å². The Kier molecular flexibility index (Phi) is 4.36. The molecule has 1 N–H and O–H groups in total. The summed E-state index contributed by atoms with van der Waals surface area (Å²) in [6.45, 7) is 6.79. The topological polar surface area (TPSA) is 19.0 Å². The van der Waals surface area contributed by atoms with Crippen LogP contribution in [0.3, 0.4) is 0 Å². The maximum absolute atomic E-state index is 3.58. The summed E-state index contributed by atoms with van der Waals surface area (Å²) in [6.07, 6.45) is 0. The van der Waals surface area contributed by atoms with E-state index in [1.165, 1.54) is 27.4 Å². The van der Waals surface area contributed by atoms with E-state index in [4.69, 9.17) is 0 Å². The van der Waals surface area contributed by atoms with Crippen LogP contribution in [0.2, 0.25) is 0 Å². The molecule has 0 atom stereocenters. The van der Waals surface area contributed by atoms with Crippen LogP contribution < -0.4 is 4.90 Å². The second-order valence-corrected chi connectivity index (χ2v) is 8.87. The van der Waals surface area contributed by atoms with Gasteiger partial charge < -0.3 is 9.88 Å². The highest BCUT2D eigenvalue weighted by atomic mass is 15.1. The van der Waals surface area contributed by atoms with E-state index in [1.54, 1.807) is 0 Å². The summed E-state index contributed by atoms with van der Waals surface area (Å²) in [7, 11) is 0. The molecule has 0 saturated heterocycles. The number of anilines is 3. The van der Waals surface area contributed by atoms with Crippen LogP contribution in [0, 0.1) is 0 Å². The smallest absolute Gasteiger partial charge is 0.0469 e. The largest absolute Gasteiger partial charge is 0.355 e. The first-order valence-corrected chi connectivity index (χ1v) is 10.5. The highest BCUT2D eigenvalue weighted by molar-refractivity contribution is 6.09. The van der Waals surface area contributed by atoms with E-state index in [0.29, 0.717) is 0 Å². The Morgan fingerprint density at radius 3 is 1.67 bits per heavy atom. The van der Waals surface area contributed by atoms with Crippen molar-refractivity contribution < 1.29 is 0 Å². The molecule has 0 aliphatic heterocycles. The molecule has 5 aromatic rings. The van der Waals surface area contributed by atoms with Crippen molar-refractivity contribution in [1.29, 1.82) is 0 Å². The zero-order chi connectivity index (χ0) is 20.7. The third-order valence-electron chi connectivity index (χ3n) is 5.74. The minimum absolute atomic E-state index is 0.121. The lowest BCUT2D eigenvalue weighted by atomic mass is 9.86. The molecule has 2 nitrogen and oxygen atoms in total. The van der Waals surface area contributed by atoms with Gasteiger partial charge in [0.15, 0.2) is 0 Å². The molecular formula is C28H26N2. The molecule has 30 heavy (non-hydrogen) atoms. The molecule has 0 aliphatic rings. The van der Waals surface area contributed by atoms with Crippen molar-refractivity contribution in [2.24, 2.45) is 0 Å². The quantitative estimate of drug-likeness (QED) is 0.330. The molecule has 4 aromatic carbocycles. The number of nitrogens with zero attached hydrogens (tertiary/aromatic N) is 1. The number of aromatic amines is 1. The summed E-state index contributed by atoms with van der Waals surface area (Å²) < 4.78 is 0. The van der Waals surface area contributed by atoms with Crippen LogP contribution in [-0.4, -0.2) is 4.98 Å². The average molecular weight is 391 g/mol. The predicted molar refractivity (Wildman–Crippen MR) is 129 cm³/mol. The molecule has 0 amide bonds. The highest BCUT2D eigenvalue weighted by Gasteiger charge is 2.17. The van der Waals surface area contributed by atoms with E-state index < -0.39 is 0 Å². The minimum atomic E-state index is 0.121. The zero-order valence-corrected chi connectivity index (χ0v) is 17.7. The van der Waals surface area contributed by atoms with E-state index in [0.717, 1.165) is 17.1 Å². The van der Waals surface area contributed by atoms with Gasteiger partial charge in [0, 0.05) is 38.9 Å². The maximum atomic E-state index is 3.58. The van der Waals surface area contributed by atoms with Gasteiger partial charge in [-0.1, -0.05) is 63.2 Å². The Bertz CT molecular complexity index is 1270. The molecule has 0 fully saturated rings. The van der Waals surface area contributed by atoms with Gasteiger partial charge in [0.25, 0.3) is 0 Å². The van der Waals surface area contributed by atoms with E-state index >= 15 is 0 Å². The first kappa shape index (κ1) is 18.5. The van der Waals surface area contributed by atoms with E-state index in [9.17, 15) is 0 Å². The van der Waals surface area contributed by atoms with Crippen LogP contribution in [0.15, 0.2) is 97.1 Å². The van der Waals surface area contributed by atoms with Crippen molar-refractivity contribution in [2.75, 3.05) is 4.90 Å². The fourth-order valence-electron chi connectivity index (χ4n) is 4.09. The second-order valence-electron chi connectivity index (χ2n) is 8.87. The molecule has 0 unspecified atom stereocenters. The Labute approximate surface area is 177 Å². The van der Waals surface area contributed by atoms with Crippen LogP contribution >= 0.6 is 0 Å². The number of aromatic nitrogens is 1. The molecule has 2 heteroatoms. The van der Waals surface area contributed by atoms with E-state index in [-0.39, 0.29) is 5.41 Å². The van der Waals surface area contributed by atoms with Crippen molar-refractivity contribution >= 4 is 38.9 Å². The van der Waals surface area contributed by atoms with Crippen molar-refractivity contribution in [3.8, 4) is 0 Å². The first-order chi connectivity index (χ1) is 14.5. The zero-order valence-electron chi connectivity index (χ0n) is 17.7. The Morgan fingerprint density at radius 1 is 0.567 bits per heavy atom. The summed E-state index contributed by atoms with van der Waals surface area (Å²) >= 11 is 0. The number of hydrogen-bond acceptors (Lipinski definition) is 1. The number of benzene rings is 4. The lowest BCUT2D eigenvalue weighted by molar-refractivity contribution is 0.591. The SMILES string of the molecule is CC(C)(C)c1ccc2[nH]c3ccc(N(c4ccccc4)c4ccccc4)cc3c2c1. The van der Waals surface area contributed by atoms with Crippen molar-refractivity contribution in [3.05, 3.63) is 103 Å². The monoisotopic (exact) mass is 390 g/mol. The molecule has 1 aromatic heterocycles. The Hall–Kier alpha value is -3.52. The molecule has 148 valence electrons. The standard InChI is InChI=1S/C28H26N2/c1-28(2,3)20-14-16-26-24(18-20)25-19-23(15-17-27(25)29-26)30(21-10-6-4-7-11-21)22-12-8-5-9-13-22/h4-19,29H,1-3H3. The third kappa shape index (κ3) is 3.25. The lowest BCUT2D eigenvalue weighted by Crippen LogP contribution is -2.10. The number of fused-ring (bicyclic) bond motifs is 3. The molecule has 0 radical (unpaired) electrons. The lowest BCUT2D eigenvalue weighted by Gasteiger charge is -2.25. The fraction of sp³-hybridized carbons (Fsp3) is 0.143. The molecule has 0 bridgehead atoms. The minimum Gasteiger partial charge on any atom is -0.355 e. The van der Waals surface area contributed by atoms with Crippen LogP contribution in [0.25, 0.3) is 21.8 Å². The van der Waals surface area contributed by atoms with E-state index in [2.05, 4.69) is 128 Å². The molecule has 0 saturated carbocycles. The number of rotatable bonds is 3. The van der Waals surface area contributed by atoms with Crippen LogP contribution in [0.1, 0.15) is 26.3 Å². The predicted octanol–water partition coefficient (Wildman–Crippen LogP) is 8.09. The van der Waals surface area contributed by atoms with Gasteiger partial charge in [0.1, 0.15) is 0 Å². The van der Waals surface area contributed by atoms with Gasteiger partial charge in [-0.15, -0.1) is 0 Å². The number of para-hydroxylation sites is 2. The van der Waals surface area contributed by atoms with Crippen molar-refractivity contribution in [1.82, 2.24) is 4.98 Å². The molecule has 0 spiro atoms. The van der Waals surface area contributed by atoms with Gasteiger partial charge in [-0.25, -0.2) is 0 Å². The van der Waals surface area contributed by atoms with Gasteiger partial charge in [-0.3, -0.25) is 0 Å². The van der Waals surface area contributed by atoms with Gasteiger partial charge in [-0.05, 0) is 65.6 Å². The van der Waals surface area contributed by atoms with Gasteiger partial charge in [-0.2, -0.15) is 0 Å². The molecule has 1 heterocycles. The highest BCUT2D eigenvalue weighted by Crippen LogP contribution is 2.38. The van der Waals surface area contributed by atoms with Gasteiger partial charge >= 0.3 is 0 Å². The van der Waals surface area contributed by atoms with Crippen LogP contribution in [0.4, 0.5) is 17.1 Å². The summed E-state index contributed by atoms with van der Waals surface area (Å²) in [4.78, 5) is 5.90. The Balaban J connectivity index is 1.73.